The van der Waals surface area contributed by atoms with Crippen molar-refractivity contribution < 1.29 is 18.9 Å². The minimum atomic E-state index is -0.600. The van der Waals surface area contributed by atoms with Crippen LogP contribution in [-0.4, -0.2) is 17.9 Å². The fraction of sp³-hybridized carbons (Fsp3) is 0.0500. The zero-order valence-corrected chi connectivity index (χ0v) is 16.5. The van der Waals surface area contributed by atoms with Crippen LogP contribution in [0.1, 0.15) is 5.76 Å². The quantitative estimate of drug-likeness (QED) is 0.300. The molecule has 0 saturated heterocycles. The molecule has 0 bridgehead atoms. The van der Waals surface area contributed by atoms with E-state index in [4.69, 9.17) is 32.4 Å². The van der Waals surface area contributed by atoms with Gasteiger partial charge in [-0.3, -0.25) is 14.9 Å². The largest absolute Gasteiger partial charge is 0.496 e. The second-order valence-electron chi connectivity index (χ2n) is 5.82. The normalized spacial score (nSPS) is 10.9. The number of hydrogen-bond acceptors (Lipinski definition) is 5. The highest BCUT2D eigenvalue weighted by Crippen LogP contribution is 2.30. The van der Waals surface area contributed by atoms with Gasteiger partial charge >= 0.3 is 0 Å². The van der Waals surface area contributed by atoms with E-state index in [2.05, 4.69) is 5.32 Å². The fourth-order valence-electron chi connectivity index (χ4n) is 2.52. The lowest BCUT2D eigenvalue weighted by Crippen LogP contribution is -2.09. The molecule has 0 aliphatic rings. The van der Waals surface area contributed by atoms with E-state index in [0.717, 1.165) is 0 Å². The molecule has 0 unspecified atom stereocenters. The predicted octanol–water partition coefficient (Wildman–Crippen LogP) is 5.82. The van der Waals surface area contributed by atoms with Crippen LogP contribution in [0.3, 0.4) is 0 Å². The van der Waals surface area contributed by atoms with Crippen molar-refractivity contribution in [3.63, 3.8) is 0 Å². The summed E-state index contributed by atoms with van der Waals surface area (Å²) in [6.07, 6.45) is 2.65. The van der Waals surface area contributed by atoms with E-state index in [-0.39, 0.29) is 11.4 Å². The summed E-state index contributed by atoms with van der Waals surface area (Å²) in [5.41, 5.74) is 0.476. The molecule has 1 amide bonds. The summed E-state index contributed by atoms with van der Waals surface area (Å²) >= 11 is 12.0. The molecule has 148 valence electrons. The van der Waals surface area contributed by atoms with Crippen molar-refractivity contribution in [1.29, 1.82) is 0 Å². The van der Waals surface area contributed by atoms with Crippen LogP contribution < -0.4 is 10.1 Å². The Bertz CT molecular complexity index is 1090. The number of nitro benzene ring substituents is 1. The van der Waals surface area contributed by atoms with Gasteiger partial charge in [0.2, 0.25) is 5.91 Å². The average Bonchev–Trinajstić information content (AvgIpc) is 3.15. The first-order chi connectivity index (χ1) is 13.9. The zero-order valence-electron chi connectivity index (χ0n) is 15.0. The van der Waals surface area contributed by atoms with Gasteiger partial charge in [-0.15, -0.1) is 0 Å². The SMILES string of the molecule is COc1ccc(NC(=O)/C=C/c2ccc(-c3cc(Cl)cc(Cl)c3)o2)c([N+](=O)[O-])c1. The number of furan rings is 1. The molecule has 1 heterocycles. The van der Waals surface area contributed by atoms with Crippen LogP contribution in [0.5, 0.6) is 5.75 Å². The van der Waals surface area contributed by atoms with Gasteiger partial charge < -0.3 is 14.5 Å². The van der Waals surface area contributed by atoms with E-state index < -0.39 is 10.8 Å². The molecule has 3 aromatic rings. The number of nitro groups is 1. The third-order valence-electron chi connectivity index (χ3n) is 3.83. The molecule has 0 atom stereocenters. The Morgan fingerprint density at radius 1 is 1.14 bits per heavy atom. The monoisotopic (exact) mass is 432 g/mol. The standard InChI is InChI=1S/C20H14Cl2N2O5/c1-28-16-2-5-17(18(11-16)24(26)27)23-20(25)7-4-15-3-6-19(29-15)12-8-13(21)10-14(22)9-12/h2-11H,1H3,(H,23,25)/b7-4+. The molecule has 0 aliphatic carbocycles. The van der Waals surface area contributed by atoms with Gasteiger partial charge in [0, 0.05) is 21.7 Å². The summed E-state index contributed by atoms with van der Waals surface area (Å²) in [6.45, 7) is 0. The Hall–Kier alpha value is -3.29. The topological polar surface area (TPSA) is 94.6 Å². The molecular formula is C20H14Cl2N2O5. The first kappa shape index (κ1) is 20.4. The summed E-state index contributed by atoms with van der Waals surface area (Å²) < 4.78 is 10.6. The lowest BCUT2D eigenvalue weighted by molar-refractivity contribution is -0.384. The van der Waals surface area contributed by atoms with Crippen LogP contribution in [0.25, 0.3) is 17.4 Å². The van der Waals surface area contributed by atoms with Crippen molar-refractivity contribution in [1.82, 2.24) is 0 Å². The number of ether oxygens (including phenoxy) is 1. The van der Waals surface area contributed by atoms with Gasteiger partial charge in [0.05, 0.1) is 18.1 Å². The Balaban J connectivity index is 1.73. The summed E-state index contributed by atoms with van der Waals surface area (Å²) in [7, 11) is 1.40. The first-order valence-electron chi connectivity index (χ1n) is 8.23. The first-order valence-corrected chi connectivity index (χ1v) is 8.99. The van der Waals surface area contributed by atoms with Crippen molar-refractivity contribution in [2.45, 2.75) is 0 Å². The number of halogens is 2. The van der Waals surface area contributed by atoms with Crippen molar-refractivity contribution in [2.24, 2.45) is 0 Å². The number of anilines is 1. The number of rotatable bonds is 6. The second-order valence-corrected chi connectivity index (χ2v) is 6.70. The number of nitrogens with one attached hydrogen (secondary N) is 1. The van der Waals surface area contributed by atoms with Crippen LogP contribution >= 0.6 is 23.2 Å². The zero-order chi connectivity index (χ0) is 21.0. The maximum atomic E-state index is 12.2. The van der Waals surface area contributed by atoms with Crippen LogP contribution in [0.4, 0.5) is 11.4 Å². The molecular weight excluding hydrogens is 419 g/mol. The molecule has 1 N–H and O–H groups in total. The van der Waals surface area contributed by atoms with Gasteiger partial charge in [0.1, 0.15) is 23.0 Å². The van der Waals surface area contributed by atoms with E-state index in [9.17, 15) is 14.9 Å². The van der Waals surface area contributed by atoms with Crippen LogP contribution in [0, 0.1) is 10.1 Å². The fourth-order valence-corrected chi connectivity index (χ4v) is 3.05. The summed E-state index contributed by atoms with van der Waals surface area (Å²) in [5, 5.41) is 14.6. The maximum Gasteiger partial charge on any atom is 0.296 e. The van der Waals surface area contributed by atoms with Crippen LogP contribution in [0.2, 0.25) is 10.0 Å². The van der Waals surface area contributed by atoms with E-state index in [0.29, 0.717) is 32.9 Å². The highest BCUT2D eigenvalue weighted by molar-refractivity contribution is 6.35. The third kappa shape index (κ3) is 5.16. The molecule has 0 aliphatic heterocycles. The lowest BCUT2D eigenvalue weighted by atomic mass is 10.2. The van der Waals surface area contributed by atoms with E-state index >= 15 is 0 Å². The van der Waals surface area contributed by atoms with E-state index in [1.807, 2.05) is 0 Å². The number of benzene rings is 2. The highest BCUT2D eigenvalue weighted by Gasteiger charge is 2.16. The maximum absolute atomic E-state index is 12.2. The Kier molecular flexibility index (Phi) is 6.21. The van der Waals surface area contributed by atoms with Crippen molar-refractivity contribution in [3.8, 4) is 17.1 Å². The number of carbonyl (C=O) groups is 1. The van der Waals surface area contributed by atoms with Crippen LogP contribution in [-0.2, 0) is 4.79 Å². The van der Waals surface area contributed by atoms with E-state index in [1.54, 1.807) is 30.3 Å². The summed E-state index contributed by atoms with van der Waals surface area (Å²) in [5.74, 6) is 0.701. The minimum Gasteiger partial charge on any atom is -0.496 e. The number of amides is 1. The molecule has 0 radical (unpaired) electrons. The smallest absolute Gasteiger partial charge is 0.296 e. The predicted molar refractivity (Wildman–Crippen MR) is 111 cm³/mol. The molecule has 29 heavy (non-hydrogen) atoms. The summed E-state index contributed by atoms with van der Waals surface area (Å²) in [6, 6.07) is 12.5. The number of carbonyl (C=O) groups excluding carboxylic acids is 1. The number of hydrogen-bond donors (Lipinski definition) is 1. The van der Waals surface area contributed by atoms with Crippen molar-refractivity contribution in [3.05, 3.63) is 80.5 Å². The molecule has 7 nitrogen and oxygen atoms in total. The van der Waals surface area contributed by atoms with Crippen molar-refractivity contribution >= 4 is 46.6 Å². The number of nitrogens with zero attached hydrogens (tertiary/aromatic N) is 1. The highest BCUT2D eigenvalue weighted by atomic mass is 35.5. The molecule has 0 saturated carbocycles. The molecule has 1 aromatic heterocycles. The third-order valence-corrected chi connectivity index (χ3v) is 4.27. The molecule has 0 fully saturated rings. The van der Waals surface area contributed by atoms with Gasteiger partial charge in [-0.2, -0.15) is 0 Å². The van der Waals surface area contributed by atoms with Gasteiger partial charge in [0.15, 0.2) is 0 Å². The Morgan fingerprint density at radius 3 is 2.52 bits per heavy atom. The lowest BCUT2D eigenvalue weighted by Gasteiger charge is -2.05. The second kappa shape index (κ2) is 8.81. The van der Waals surface area contributed by atoms with Gasteiger partial charge in [-0.05, 0) is 48.5 Å². The molecule has 0 spiro atoms. The van der Waals surface area contributed by atoms with Crippen LogP contribution in [0.15, 0.2) is 59.0 Å². The van der Waals surface area contributed by atoms with Gasteiger partial charge in [-0.25, -0.2) is 0 Å². The average molecular weight is 433 g/mol. The molecule has 3 rings (SSSR count). The Morgan fingerprint density at radius 2 is 1.86 bits per heavy atom. The van der Waals surface area contributed by atoms with Gasteiger partial charge in [0.25, 0.3) is 5.69 Å². The Labute approximate surface area is 175 Å². The van der Waals surface area contributed by atoms with Crippen molar-refractivity contribution in [2.75, 3.05) is 12.4 Å². The number of methoxy groups -OCH3 is 1. The molecule has 9 heteroatoms. The summed E-state index contributed by atoms with van der Waals surface area (Å²) in [4.78, 5) is 22.7. The minimum absolute atomic E-state index is 0.0548. The van der Waals surface area contributed by atoms with E-state index in [1.165, 1.54) is 37.5 Å². The molecule has 2 aromatic carbocycles. The van der Waals surface area contributed by atoms with Gasteiger partial charge in [-0.1, -0.05) is 23.2 Å².